The van der Waals surface area contributed by atoms with Crippen LogP contribution in [0.5, 0.6) is 0 Å². The molecule has 0 bridgehead atoms. The molecular weight excluding hydrogens is 302 g/mol. The zero-order valence-corrected chi connectivity index (χ0v) is 12.7. The molecule has 2 rings (SSSR count). The second-order valence-corrected chi connectivity index (χ2v) is 5.12. The Balaban J connectivity index is 2.33. The number of hydrogen-bond acceptors (Lipinski definition) is 6. The van der Waals surface area contributed by atoms with E-state index >= 15 is 0 Å². The standard InChI is InChI=1S/C16H17NO6/c1-3-22-15(20)13(14(17)19)16(21)12(18)8-11(23-16)10-6-4-9(2)5-7-10/h4-8,13,21H,3H2,1-2H3,(H2,17,19). The Labute approximate surface area is 132 Å². The van der Waals surface area contributed by atoms with Crippen molar-refractivity contribution in [3.8, 4) is 0 Å². The fraction of sp³-hybridized carbons (Fsp3) is 0.312. The fourth-order valence-corrected chi connectivity index (χ4v) is 2.23. The molecule has 23 heavy (non-hydrogen) atoms. The summed E-state index contributed by atoms with van der Waals surface area (Å²) in [4.78, 5) is 35.6. The molecule has 0 saturated carbocycles. The lowest BCUT2D eigenvalue weighted by Crippen LogP contribution is -2.54. The van der Waals surface area contributed by atoms with Gasteiger partial charge in [0.25, 0.3) is 5.79 Å². The number of primary amides is 1. The summed E-state index contributed by atoms with van der Waals surface area (Å²) in [5, 5.41) is 10.4. The van der Waals surface area contributed by atoms with E-state index in [0.29, 0.717) is 5.56 Å². The van der Waals surface area contributed by atoms with E-state index in [-0.39, 0.29) is 12.4 Å². The smallest absolute Gasteiger partial charge is 0.325 e. The molecule has 122 valence electrons. The van der Waals surface area contributed by atoms with Crippen LogP contribution in [0.25, 0.3) is 5.76 Å². The van der Waals surface area contributed by atoms with E-state index in [1.807, 2.05) is 6.92 Å². The zero-order valence-electron chi connectivity index (χ0n) is 12.7. The number of hydrogen-bond donors (Lipinski definition) is 2. The summed E-state index contributed by atoms with van der Waals surface area (Å²) in [6.07, 6.45) is 1.03. The van der Waals surface area contributed by atoms with Gasteiger partial charge in [0.05, 0.1) is 6.61 Å². The highest BCUT2D eigenvalue weighted by Gasteiger charge is 2.57. The molecule has 0 aliphatic carbocycles. The first-order chi connectivity index (χ1) is 10.8. The summed E-state index contributed by atoms with van der Waals surface area (Å²) in [5.41, 5.74) is 6.66. The lowest BCUT2D eigenvalue weighted by molar-refractivity contribution is -0.201. The minimum atomic E-state index is -2.70. The minimum Gasteiger partial charge on any atom is -0.465 e. The highest BCUT2D eigenvalue weighted by Crippen LogP contribution is 2.35. The highest BCUT2D eigenvalue weighted by molar-refractivity contribution is 6.11. The van der Waals surface area contributed by atoms with E-state index in [0.717, 1.165) is 11.6 Å². The summed E-state index contributed by atoms with van der Waals surface area (Å²) < 4.78 is 9.94. The molecular formula is C16H17NO6. The SMILES string of the molecule is CCOC(=O)C(C(N)=O)C1(O)OC(c2ccc(C)cc2)=CC1=O. The molecule has 3 N–H and O–H groups in total. The van der Waals surface area contributed by atoms with Gasteiger partial charge in [0, 0.05) is 11.6 Å². The Morgan fingerprint density at radius 3 is 2.48 bits per heavy atom. The van der Waals surface area contributed by atoms with Crippen LogP contribution in [0.15, 0.2) is 30.3 Å². The predicted molar refractivity (Wildman–Crippen MR) is 79.5 cm³/mol. The van der Waals surface area contributed by atoms with Crippen LogP contribution in [-0.2, 0) is 23.9 Å². The lowest BCUT2D eigenvalue weighted by Gasteiger charge is -2.27. The Morgan fingerprint density at radius 1 is 1.35 bits per heavy atom. The average molecular weight is 319 g/mol. The topological polar surface area (TPSA) is 116 Å². The van der Waals surface area contributed by atoms with Crippen LogP contribution >= 0.6 is 0 Å². The Hall–Kier alpha value is -2.67. The molecule has 2 atom stereocenters. The van der Waals surface area contributed by atoms with Gasteiger partial charge in [-0.1, -0.05) is 29.8 Å². The second kappa shape index (κ2) is 6.21. The van der Waals surface area contributed by atoms with Crippen LogP contribution in [0.2, 0.25) is 0 Å². The summed E-state index contributed by atoms with van der Waals surface area (Å²) in [6, 6.07) is 6.95. The van der Waals surface area contributed by atoms with Crippen molar-refractivity contribution in [1.82, 2.24) is 0 Å². The van der Waals surface area contributed by atoms with Crippen LogP contribution in [0.1, 0.15) is 18.1 Å². The maximum Gasteiger partial charge on any atom is 0.325 e. The van der Waals surface area contributed by atoms with Crippen molar-refractivity contribution in [3.05, 3.63) is 41.5 Å². The van der Waals surface area contributed by atoms with E-state index in [1.54, 1.807) is 24.3 Å². The van der Waals surface area contributed by atoms with Crippen molar-refractivity contribution >= 4 is 23.4 Å². The van der Waals surface area contributed by atoms with Crippen molar-refractivity contribution in [2.45, 2.75) is 19.6 Å². The Morgan fingerprint density at radius 2 is 1.96 bits per heavy atom. The number of carbonyl (C=O) groups excluding carboxylic acids is 3. The number of benzene rings is 1. The number of ketones is 1. The fourth-order valence-electron chi connectivity index (χ4n) is 2.23. The average Bonchev–Trinajstić information content (AvgIpc) is 2.75. The zero-order chi connectivity index (χ0) is 17.2. The third-order valence-corrected chi connectivity index (χ3v) is 3.41. The molecule has 1 aromatic rings. The quantitative estimate of drug-likeness (QED) is 0.595. The van der Waals surface area contributed by atoms with Crippen molar-refractivity contribution in [3.63, 3.8) is 0 Å². The number of ether oxygens (including phenoxy) is 2. The molecule has 0 aromatic heterocycles. The third-order valence-electron chi connectivity index (χ3n) is 3.41. The van der Waals surface area contributed by atoms with Gasteiger partial charge in [-0.05, 0) is 13.8 Å². The van der Waals surface area contributed by atoms with Gasteiger partial charge in [-0.2, -0.15) is 0 Å². The first-order valence-corrected chi connectivity index (χ1v) is 7.00. The van der Waals surface area contributed by atoms with Crippen LogP contribution in [0, 0.1) is 12.8 Å². The molecule has 0 fully saturated rings. The molecule has 0 spiro atoms. The molecule has 1 aliphatic heterocycles. The number of rotatable bonds is 5. The third kappa shape index (κ3) is 3.09. The molecule has 7 nitrogen and oxygen atoms in total. The van der Waals surface area contributed by atoms with Crippen LogP contribution < -0.4 is 5.73 Å². The van der Waals surface area contributed by atoms with Gasteiger partial charge in [-0.15, -0.1) is 0 Å². The van der Waals surface area contributed by atoms with E-state index in [1.165, 1.54) is 6.92 Å². The van der Waals surface area contributed by atoms with Crippen molar-refractivity contribution in [2.75, 3.05) is 6.61 Å². The molecule has 7 heteroatoms. The maximum absolute atomic E-state index is 12.1. The van der Waals surface area contributed by atoms with Crippen LogP contribution in [0.4, 0.5) is 0 Å². The van der Waals surface area contributed by atoms with Gasteiger partial charge in [-0.25, -0.2) is 0 Å². The molecule has 1 amide bonds. The number of aryl methyl sites for hydroxylation is 1. The minimum absolute atomic E-state index is 0.0366. The van der Waals surface area contributed by atoms with Gasteiger partial charge < -0.3 is 20.3 Å². The first-order valence-electron chi connectivity index (χ1n) is 7.00. The molecule has 0 radical (unpaired) electrons. The summed E-state index contributed by atoms with van der Waals surface area (Å²) in [5.74, 6) is -7.86. The van der Waals surface area contributed by atoms with Crippen molar-refractivity contribution in [2.24, 2.45) is 11.7 Å². The summed E-state index contributed by atoms with van der Waals surface area (Å²) >= 11 is 0. The molecule has 1 aromatic carbocycles. The van der Waals surface area contributed by atoms with E-state index in [2.05, 4.69) is 0 Å². The van der Waals surface area contributed by atoms with Crippen LogP contribution in [0.3, 0.4) is 0 Å². The van der Waals surface area contributed by atoms with E-state index in [9.17, 15) is 19.5 Å². The number of esters is 1. The Bertz CT molecular complexity index is 678. The van der Waals surface area contributed by atoms with Crippen LogP contribution in [-0.4, -0.2) is 35.2 Å². The molecule has 1 aliphatic rings. The number of aliphatic hydroxyl groups is 1. The largest absolute Gasteiger partial charge is 0.465 e. The normalized spacial score (nSPS) is 21.3. The second-order valence-electron chi connectivity index (χ2n) is 5.12. The highest BCUT2D eigenvalue weighted by atomic mass is 16.6. The maximum atomic E-state index is 12.1. The number of amides is 1. The predicted octanol–water partition coefficient (Wildman–Crippen LogP) is 0.288. The lowest BCUT2D eigenvalue weighted by atomic mass is 9.94. The summed E-state index contributed by atoms with van der Waals surface area (Å²) in [7, 11) is 0. The molecule has 2 unspecified atom stereocenters. The van der Waals surface area contributed by atoms with E-state index in [4.69, 9.17) is 15.2 Å². The monoisotopic (exact) mass is 319 g/mol. The van der Waals surface area contributed by atoms with Gasteiger partial charge >= 0.3 is 5.97 Å². The van der Waals surface area contributed by atoms with Gasteiger partial charge in [0.2, 0.25) is 17.6 Å². The van der Waals surface area contributed by atoms with Gasteiger partial charge in [0.15, 0.2) is 0 Å². The number of nitrogens with two attached hydrogens (primary N) is 1. The summed E-state index contributed by atoms with van der Waals surface area (Å²) in [6.45, 7) is 3.37. The number of carbonyl (C=O) groups is 3. The molecule has 0 saturated heterocycles. The van der Waals surface area contributed by atoms with Crippen molar-refractivity contribution in [1.29, 1.82) is 0 Å². The molecule has 1 heterocycles. The van der Waals surface area contributed by atoms with Crippen molar-refractivity contribution < 1.29 is 29.0 Å². The van der Waals surface area contributed by atoms with E-state index < -0.39 is 29.4 Å². The Kier molecular flexibility index (Phi) is 4.51. The first kappa shape index (κ1) is 16.7. The van der Waals surface area contributed by atoms with Gasteiger partial charge in [-0.3, -0.25) is 14.4 Å². The van der Waals surface area contributed by atoms with Gasteiger partial charge in [0.1, 0.15) is 5.76 Å².